The predicted molar refractivity (Wildman–Crippen MR) is 117 cm³/mol. The van der Waals surface area contributed by atoms with E-state index in [0.717, 1.165) is 23.4 Å². The Morgan fingerprint density at radius 3 is 2.78 bits per heavy atom. The Kier molecular flexibility index (Phi) is 6.27. The van der Waals surface area contributed by atoms with E-state index in [1.807, 2.05) is 26.0 Å². The molecule has 4 rings (SSSR count). The third kappa shape index (κ3) is 4.38. The number of aryl methyl sites for hydroxylation is 3. The third-order valence-corrected chi connectivity index (χ3v) is 5.49. The molecule has 0 aliphatic heterocycles. The highest BCUT2D eigenvalue weighted by atomic mass is 16.5. The Bertz CT molecular complexity index is 1260. The second kappa shape index (κ2) is 9.27. The molecule has 32 heavy (non-hydrogen) atoms. The van der Waals surface area contributed by atoms with Crippen molar-refractivity contribution >= 4 is 11.6 Å². The maximum Gasteiger partial charge on any atom is 0.256 e. The highest BCUT2D eigenvalue weighted by Crippen LogP contribution is 2.21. The van der Waals surface area contributed by atoms with Crippen LogP contribution in [-0.4, -0.2) is 44.3 Å². The van der Waals surface area contributed by atoms with Crippen LogP contribution < -0.4 is 5.32 Å². The summed E-state index contributed by atoms with van der Waals surface area (Å²) >= 11 is 0. The van der Waals surface area contributed by atoms with Gasteiger partial charge in [0, 0.05) is 37.9 Å². The molecule has 1 N–H and O–H groups in total. The smallest absolute Gasteiger partial charge is 0.256 e. The Balaban J connectivity index is 1.50. The minimum atomic E-state index is -0.237. The van der Waals surface area contributed by atoms with Crippen molar-refractivity contribution in [3.63, 3.8) is 0 Å². The number of methoxy groups -OCH3 is 1. The summed E-state index contributed by atoms with van der Waals surface area (Å²) in [5, 5.41) is 11.2. The number of carbonyl (C=O) groups excluding carboxylic acids is 1. The van der Waals surface area contributed by atoms with E-state index in [4.69, 9.17) is 14.2 Å². The Morgan fingerprint density at radius 1 is 1.19 bits per heavy atom. The van der Waals surface area contributed by atoms with E-state index in [9.17, 15) is 4.79 Å². The minimum absolute atomic E-state index is 0.237. The minimum Gasteiger partial charge on any atom is -0.375 e. The van der Waals surface area contributed by atoms with Crippen molar-refractivity contribution in [2.45, 2.75) is 40.2 Å². The molecule has 4 aromatic rings. The van der Waals surface area contributed by atoms with Gasteiger partial charge in [-0.15, -0.1) is 0 Å². The molecule has 1 aromatic carbocycles. The maximum atomic E-state index is 12.8. The second-order valence-corrected chi connectivity index (χ2v) is 7.70. The van der Waals surface area contributed by atoms with Crippen LogP contribution in [0.5, 0.6) is 0 Å². The topological polar surface area (TPSA) is 107 Å². The molecule has 0 aliphatic rings. The average molecular weight is 435 g/mol. The first kappa shape index (κ1) is 21.6. The van der Waals surface area contributed by atoms with Gasteiger partial charge in [0.05, 0.1) is 6.20 Å². The van der Waals surface area contributed by atoms with E-state index in [1.165, 1.54) is 11.1 Å². The van der Waals surface area contributed by atoms with Gasteiger partial charge < -0.3 is 14.6 Å². The molecular weight excluding hydrogens is 408 g/mol. The van der Waals surface area contributed by atoms with E-state index < -0.39 is 0 Å². The van der Waals surface area contributed by atoms with Crippen molar-refractivity contribution in [2.75, 3.05) is 13.7 Å². The van der Waals surface area contributed by atoms with Gasteiger partial charge in [0.25, 0.3) is 11.8 Å². The van der Waals surface area contributed by atoms with Crippen LogP contribution in [0, 0.1) is 20.8 Å². The number of benzene rings is 1. The summed E-state index contributed by atoms with van der Waals surface area (Å²) in [4.78, 5) is 21.7. The number of carbonyl (C=O) groups is 1. The summed E-state index contributed by atoms with van der Waals surface area (Å²) in [6.45, 7) is 6.72. The Morgan fingerprint density at radius 2 is 2.00 bits per heavy atom. The summed E-state index contributed by atoms with van der Waals surface area (Å²) in [6, 6.07) is 8.31. The van der Waals surface area contributed by atoms with E-state index >= 15 is 0 Å². The van der Waals surface area contributed by atoms with E-state index in [0.29, 0.717) is 35.9 Å². The van der Waals surface area contributed by atoms with Crippen molar-refractivity contribution in [1.29, 1.82) is 0 Å². The molecule has 3 aromatic heterocycles. The summed E-state index contributed by atoms with van der Waals surface area (Å²) < 4.78 is 11.8. The van der Waals surface area contributed by atoms with Crippen LogP contribution in [0.3, 0.4) is 0 Å². The van der Waals surface area contributed by atoms with Crippen LogP contribution >= 0.6 is 0 Å². The largest absolute Gasteiger partial charge is 0.375 e. The molecule has 0 aliphatic carbocycles. The lowest BCUT2D eigenvalue weighted by Gasteiger charge is -2.13. The van der Waals surface area contributed by atoms with E-state index in [1.54, 1.807) is 17.8 Å². The van der Waals surface area contributed by atoms with E-state index in [2.05, 4.69) is 39.6 Å². The third-order valence-electron chi connectivity index (χ3n) is 5.49. The predicted octanol–water partition coefficient (Wildman–Crippen LogP) is 2.75. The van der Waals surface area contributed by atoms with Crippen molar-refractivity contribution in [3.05, 3.63) is 75.8 Å². The molecule has 3 heterocycles. The average Bonchev–Trinajstić information content (AvgIpc) is 3.39. The standard InChI is InChI=1S/C23H26N6O3/c1-14-7-5-6-8-17(14)11-18-15(2)26-22-19(12-25-29(22)16(18)3)23(30)24-10-9-20-27-21(13-31-4)32-28-20/h5-8,12H,9-11,13H2,1-4H3,(H,24,30). The number of amides is 1. The molecule has 0 unspecified atom stereocenters. The first-order valence-corrected chi connectivity index (χ1v) is 10.4. The van der Waals surface area contributed by atoms with Gasteiger partial charge in [-0.3, -0.25) is 4.79 Å². The molecule has 0 spiro atoms. The molecule has 0 radical (unpaired) electrons. The number of rotatable bonds is 8. The molecule has 0 saturated carbocycles. The molecule has 9 heteroatoms. The monoisotopic (exact) mass is 434 g/mol. The van der Waals surface area contributed by atoms with Crippen molar-refractivity contribution in [3.8, 4) is 0 Å². The van der Waals surface area contributed by atoms with Gasteiger partial charge in [-0.2, -0.15) is 10.1 Å². The van der Waals surface area contributed by atoms with Gasteiger partial charge in [-0.1, -0.05) is 29.4 Å². The molecule has 1 amide bonds. The summed E-state index contributed by atoms with van der Waals surface area (Å²) in [5.41, 5.74) is 6.46. The number of fused-ring (bicyclic) bond motifs is 1. The number of nitrogens with one attached hydrogen (secondary N) is 1. The van der Waals surface area contributed by atoms with Crippen LogP contribution in [-0.2, 0) is 24.2 Å². The lowest BCUT2D eigenvalue weighted by molar-refractivity contribution is 0.0955. The van der Waals surface area contributed by atoms with Gasteiger partial charge in [0.15, 0.2) is 11.5 Å². The zero-order valence-corrected chi connectivity index (χ0v) is 18.7. The van der Waals surface area contributed by atoms with Crippen molar-refractivity contribution in [2.24, 2.45) is 0 Å². The molecule has 0 atom stereocenters. The molecule has 0 bridgehead atoms. The van der Waals surface area contributed by atoms with Crippen LogP contribution in [0.1, 0.15) is 50.2 Å². The fourth-order valence-electron chi connectivity index (χ4n) is 3.68. The number of hydrogen-bond donors (Lipinski definition) is 1. The highest BCUT2D eigenvalue weighted by Gasteiger charge is 2.19. The second-order valence-electron chi connectivity index (χ2n) is 7.70. The molecule has 9 nitrogen and oxygen atoms in total. The van der Waals surface area contributed by atoms with E-state index in [-0.39, 0.29) is 12.5 Å². The quantitative estimate of drug-likeness (QED) is 0.454. The number of nitrogens with zero attached hydrogens (tertiary/aromatic N) is 5. The summed E-state index contributed by atoms with van der Waals surface area (Å²) in [6.07, 6.45) is 2.78. The van der Waals surface area contributed by atoms with Gasteiger partial charge in [-0.25, -0.2) is 9.50 Å². The molecule has 0 fully saturated rings. The normalized spacial score (nSPS) is 11.2. The zero-order valence-electron chi connectivity index (χ0n) is 18.7. The van der Waals surface area contributed by atoms with Crippen LogP contribution in [0.25, 0.3) is 5.65 Å². The van der Waals surface area contributed by atoms with Gasteiger partial charge in [0.2, 0.25) is 0 Å². The highest BCUT2D eigenvalue weighted by molar-refractivity contribution is 5.99. The Labute approximate surface area is 185 Å². The maximum absolute atomic E-state index is 12.8. The number of aromatic nitrogens is 5. The molecule has 0 saturated heterocycles. The van der Waals surface area contributed by atoms with Crippen molar-refractivity contribution < 1.29 is 14.1 Å². The van der Waals surface area contributed by atoms with Crippen molar-refractivity contribution in [1.82, 2.24) is 30.1 Å². The van der Waals surface area contributed by atoms with Crippen LogP contribution in [0.2, 0.25) is 0 Å². The van der Waals surface area contributed by atoms with Gasteiger partial charge in [-0.05, 0) is 37.5 Å². The first-order valence-electron chi connectivity index (χ1n) is 10.4. The summed E-state index contributed by atoms with van der Waals surface area (Å²) in [7, 11) is 1.56. The molecule has 166 valence electrons. The fourth-order valence-corrected chi connectivity index (χ4v) is 3.68. The van der Waals surface area contributed by atoms with Gasteiger partial charge >= 0.3 is 0 Å². The lowest BCUT2D eigenvalue weighted by Crippen LogP contribution is -2.26. The number of hydrogen-bond acceptors (Lipinski definition) is 7. The summed E-state index contributed by atoms with van der Waals surface area (Å²) in [5.74, 6) is 0.689. The number of ether oxygens (including phenoxy) is 1. The Hall–Kier alpha value is -3.59. The van der Waals surface area contributed by atoms with Crippen LogP contribution in [0.15, 0.2) is 35.0 Å². The van der Waals surface area contributed by atoms with Gasteiger partial charge in [0.1, 0.15) is 12.2 Å². The first-order chi connectivity index (χ1) is 15.5. The van der Waals surface area contributed by atoms with Crippen LogP contribution in [0.4, 0.5) is 0 Å². The SMILES string of the molecule is COCc1nc(CCNC(=O)c2cnn3c(C)c(Cc4ccccc4C)c(C)nc23)no1. The zero-order chi connectivity index (χ0) is 22.7. The molecular formula is C23H26N6O3. The lowest BCUT2D eigenvalue weighted by atomic mass is 9.99. The fraction of sp³-hybridized carbons (Fsp3) is 0.348.